The Labute approximate surface area is 184 Å². The summed E-state index contributed by atoms with van der Waals surface area (Å²) < 4.78 is 46.4. The number of halogens is 3. The van der Waals surface area contributed by atoms with Crippen molar-refractivity contribution >= 4 is 5.97 Å². The molecule has 32 heavy (non-hydrogen) atoms. The van der Waals surface area contributed by atoms with E-state index >= 15 is 0 Å². The van der Waals surface area contributed by atoms with Crippen LogP contribution in [-0.2, 0) is 17.8 Å². The summed E-state index contributed by atoms with van der Waals surface area (Å²) in [6.45, 7) is 0.147. The van der Waals surface area contributed by atoms with Gasteiger partial charge >= 0.3 is 5.97 Å². The number of rotatable bonds is 9. The predicted octanol–water partition coefficient (Wildman–Crippen LogP) is 6.60. The maximum absolute atomic E-state index is 13.9. The fraction of sp³-hybridized carbons (Fsp3) is 0.269. The second-order valence-electron chi connectivity index (χ2n) is 8.12. The first-order valence-corrected chi connectivity index (χ1v) is 10.5. The molecule has 3 nitrogen and oxygen atoms in total. The minimum atomic E-state index is -2.61. The van der Waals surface area contributed by atoms with E-state index in [1.807, 2.05) is 12.1 Å². The van der Waals surface area contributed by atoms with Gasteiger partial charge in [-0.1, -0.05) is 42.5 Å². The molecule has 0 radical (unpaired) electrons. The summed E-state index contributed by atoms with van der Waals surface area (Å²) in [7, 11) is 0. The highest BCUT2D eigenvalue weighted by Crippen LogP contribution is 2.55. The van der Waals surface area contributed by atoms with Gasteiger partial charge in [0.2, 0.25) is 0 Å². The lowest BCUT2D eigenvalue weighted by atomic mass is 9.98. The molecule has 1 aliphatic carbocycles. The third-order valence-electron chi connectivity index (χ3n) is 5.69. The van der Waals surface area contributed by atoms with Crippen molar-refractivity contribution in [1.29, 1.82) is 0 Å². The first kappa shape index (κ1) is 21.9. The van der Waals surface area contributed by atoms with Crippen molar-refractivity contribution in [1.82, 2.24) is 0 Å². The normalized spacial score (nSPS) is 16.5. The topological polar surface area (TPSA) is 46.5 Å². The van der Waals surface area contributed by atoms with Crippen LogP contribution in [0.25, 0.3) is 11.1 Å². The van der Waals surface area contributed by atoms with Crippen molar-refractivity contribution in [3.8, 4) is 16.9 Å². The van der Waals surface area contributed by atoms with Crippen molar-refractivity contribution in [3.63, 3.8) is 0 Å². The summed E-state index contributed by atoms with van der Waals surface area (Å²) in [5.74, 6) is -3.89. The van der Waals surface area contributed by atoms with E-state index in [1.54, 1.807) is 42.5 Å². The summed E-state index contributed by atoms with van der Waals surface area (Å²) in [4.78, 5) is 10.6. The molecule has 1 unspecified atom stereocenters. The molecule has 4 rings (SSSR count). The van der Waals surface area contributed by atoms with Crippen LogP contribution in [0.15, 0.2) is 66.7 Å². The lowest BCUT2D eigenvalue weighted by Gasteiger charge is -2.13. The Morgan fingerprint density at radius 3 is 2.34 bits per heavy atom. The highest BCUT2D eigenvalue weighted by atomic mass is 19.3. The van der Waals surface area contributed by atoms with E-state index < -0.39 is 17.8 Å². The van der Waals surface area contributed by atoms with E-state index in [0.29, 0.717) is 29.7 Å². The van der Waals surface area contributed by atoms with Gasteiger partial charge in [-0.3, -0.25) is 4.79 Å². The van der Waals surface area contributed by atoms with Crippen LogP contribution in [0.5, 0.6) is 5.75 Å². The Balaban J connectivity index is 1.43. The van der Waals surface area contributed by atoms with Gasteiger partial charge in [0.05, 0.1) is 5.92 Å². The number of carboxylic acid groups (broad SMARTS) is 1. The van der Waals surface area contributed by atoms with E-state index in [-0.39, 0.29) is 25.3 Å². The zero-order valence-electron chi connectivity index (χ0n) is 17.4. The SMILES string of the molecule is O=C(O)CCCc1ccc(OCc2cc(F)ccc2-c2ccc(C3CC3(F)F)cc2)cc1. The number of ether oxygens (including phenoxy) is 1. The Morgan fingerprint density at radius 1 is 1.03 bits per heavy atom. The van der Waals surface area contributed by atoms with Crippen molar-refractivity contribution in [2.75, 3.05) is 0 Å². The molecule has 1 N–H and O–H groups in total. The van der Waals surface area contributed by atoms with Crippen LogP contribution in [0.1, 0.15) is 41.9 Å². The van der Waals surface area contributed by atoms with Gasteiger partial charge in [-0.2, -0.15) is 0 Å². The van der Waals surface area contributed by atoms with Gasteiger partial charge in [-0.05, 0) is 64.9 Å². The number of carbonyl (C=O) groups is 1. The molecule has 1 atom stereocenters. The van der Waals surface area contributed by atoms with Crippen LogP contribution < -0.4 is 4.74 Å². The fourth-order valence-electron chi connectivity index (χ4n) is 3.79. The highest BCUT2D eigenvalue weighted by Gasteiger charge is 2.57. The van der Waals surface area contributed by atoms with E-state index in [1.165, 1.54) is 12.1 Å². The number of aliphatic carboxylic acids is 1. The zero-order valence-corrected chi connectivity index (χ0v) is 17.4. The molecule has 1 fully saturated rings. The Morgan fingerprint density at radius 2 is 1.72 bits per heavy atom. The summed E-state index contributed by atoms with van der Waals surface area (Å²) in [6.07, 6.45) is 1.26. The molecule has 0 aliphatic heterocycles. The van der Waals surface area contributed by atoms with Crippen LogP contribution in [0.4, 0.5) is 13.2 Å². The smallest absolute Gasteiger partial charge is 0.303 e. The van der Waals surface area contributed by atoms with Crippen molar-refractivity contribution in [2.45, 2.75) is 44.1 Å². The molecule has 0 spiro atoms. The van der Waals surface area contributed by atoms with E-state index in [9.17, 15) is 18.0 Å². The molecule has 1 aliphatic rings. The van der Waals surface area contributed by atoms with Crippen molar-refractivity contribution in [3.05, 3.63) is 89.2 Å². The largest absolute Gasteiger partial charge is 0.489 e. The minimum absolute atomic E-state index is 0.111. The molecule has 166 valence electrons. The van der Waals surface area contributed by atoms with E-state index in [0.717, 1.165) is 16.7 Å². The second kappa shape index (κ2) is 9.07. The van der Waals surface area contributed by atoms with Gasteiger partial charge in [0.15, 0.2) is 0 Å². The van der Waals surface area contributed by atoms with Gasteiger partial charge in [0.25, 0.3) is 5.92 Å². The van der Waals surface area contributed by atoms with Gasteiger partial charge in [-0.15, -0.1) is 0 Å². The molecule has 0 amide bonds. The molecule has 0 bridgehead atoms. The molecule has 1 saturated carbocycles. The number of hydrogen-bond donors (Lipinski definition) is 1. The van der Waals surface area contributed by atoms with Crippen LogP contribution >= 0.6 is 0 Å². The molecule has 3 aromatic carbocycles. The Bertz CT molecular complexity index is 1090. The molecule has 0 aromatic heterocycles. The number of aryl methyl sites for hydroxylation is 1. The van der Waals surface area contributed by atoms with E-state index in [4.69, 9.17) is 9.84 Å². The van der Waals surface area contributed by atoms with Gasteiger partial charge < -0.3 is 9.84 Å². The number of benzene rings is 3. The molecule has 3 aromatic rings. The number of alkyl halides is 2. The number of hydrogen-bond acceptors (Lipinski definition) is 2. The average molecular weight is 440 g/mol. The fourth-order valence-corrected chi connectivity index (χ4v) is 3.79. The van der Waals surface area contributed by atoms with Crippen LogP contribution in [0.2, 0.25) is 0 Å². The average Bonchev–Trinajstić information content (AvgIpc) is 3.41. The third kappa shape index (κ3) is 5.31. The van der Waals surface area contributed by atoms with Crippen LogP contribution in [0, 0.1) is 5.82 Å². The maximum Gasteiger partial charge on any atom is 0.303 e. The van der Waals surface area contributed by atoms with Gasteiger partial charge in [-0.25, -0.2) is 13.2 Å². The molecule has 6 heteroatoms. The van der Waals surface area contributed by atoms with Crippen LogP contribution in [-0.4, -0.2) is 17.0 Å². The molecular weight excluding hydrogens is 417 g/mol. The molecule has 0 heterocycles. The number of carboxylic acids is 1. The lowest BCUT2D eigenvalue weighted by Crippen LogP contribution is -2.00. The zero-order chi connectivity index (χ0) is 22.7. The van der Waals surface area contributed by atoms with Crippen LogP contribution in [0.3, 0.4) is 0 Å². The first-order valence-electron chi connectivity index (χ1n) is 10.5. The molecular formula is C26H23F3O3. The maximum atomic E-state index is 13.9. The third-order valence-corrected chi connectivity index (χ3v) is 5.69. The van der Waals surface area contributed by atoms with Crippen molar-refractivity contribution < 1.29 is 27.8 Å². The quantitative estimate of drug-likeness (QED) is 0.408. The standard InChI is InChI=1S/C26H23F3O3/c27-21-10-13-23(18-6-8-19(9-7-18)24-15-26(24,28)29)20(14-21)16-32-22-11-4-17(5-12-22)2-1-3-25(30)31/h4-14,24H,1-3,15-16H2,(H,30,31). The molecule has 0 saturated heterocycles. The lowest BCUT2D eigenvalue weighted by molar-refractivity contribution is -0.137. The van der Waals surface area contributed by atoms with Gasteiger partial charge in [0.1, 0.15) is 18.2 Å². The summed E-state index contributed by atoms with van der Waals surface area (Å²) in [6, 6.07) is 18.8. The Hall–Kier alpha value is -3.28. The summed E-state index contributed by atoms with van der Waals surface area (Å²) in [5, 5.41) is 8.72. The van der Waals surface area contributed by atoms with E-state index in [2.05, 4.69) is 0 Å². The first-order chi connectivity index (χ1) is 15.3. The highest BCUT2D eigenvalue weighted by molar-refractivity contribution is 5.68. The predicted molar refractivity (Wildman–Crippen MR) is 115 cm³/mol. The summed E-state index contributed by atoms with van der Waals surface area (Å²) in [5.41, 5.74) is 3.88. The van der Waals surface area contributed by atoms with Gasteiger partial charge in [0, 0.05) is 12.8 Å². The summed E-state index contributed by atoms with van der Waals surface area (Å²) >= 11 is 0. The second-order valence-corrected chi connectivity index (χ2v) is 8.12. The Kier molecular flexibility index (Phi) is 6.21. The minimum Gasteiger partial charge on any atom is -0.489 e. The van der Waals surface area contributed by atoms with Crippen molar-refractivity contribution in [2.24, 2.45) is 0 Å². The monoisotopic (exact) mass is 440 g/mol.